The maximum Gasteiger partial charge on any atom is 0.249 e. The van der Waals surface area contributed by atoms with Gasteiger partial charge in [0.2, 0.25) is 5.91 Å². The maximum absolute atomic E-state index is 11.9. The van der Waals surface area contributed by atoms with Gasteiger partial charge in [-0.25, -0.2) is 0 Å². The minimum Gasteiger partial charge on any atom is -0.366 e. The van der Waals surface area contributed by atoms with Crippen LogP contribution in [0, 0.1) is 19.9 Å². The average molecular weight is 327 g/mol. The molecule has 1 heterocycles. The second kappa shape index (κ2) is 5.78. The third-order valence-corrected chi connectivity index (χ3v) is 4.63. The molecule has 3 heteroatoms. The summed E-state index contributed by atoms with van der Waals surface area (Å²) in [5, 5.41) is 1.83. The van der Waals surface area contributed by atoms with Crippen molar-refractivity contribution in [2.24, 2.45) is 5.73 Å². The van der Waals surface area contributed by atoms with Crippen molar-refractivity contribution < 1.29 is 4.79 Å². The predicted molar refractivity (Wildman–Crippen MR) is 102 cm³/mol. The summed E-state index contributed by atoms with van der Waals surface area (Å²) < 4.78 is 2.25. The molecule has 1 radical (unpaired) electrons. The van der Waals surface area contributed by atoms with Gasteiger partial charge in [-0.2, -0.15) is 0 Å². The van der Waals surface area contributed by atoms with Gasteiger partial charge in [-0.05, 0) is 49.2 Å². The monoisotopic (exact) mass is 327 g/mol. The van der Waals surface area contributed by atoms with Gasteiger partial charge in [-0.15, -0.1) is 0 Å². The Hall–Kier alpha value is -3.07. The van der Waals surface area contributed by atoms with Crippen LogP contribution in [0.15, 0.2) is 54.6 Å². The van der Waals surface area contributed by atoms with Gasteiger partial charge < -0.3 is 10.3 Å². The molecule has 4 aromatic rings. The Morgan fingerprint density at radius 2 is 1.84 bits per heavy atom. The second-order valence-electron chi connectivity index (χ2n) is 6.58. The molecule has 3 nitrogen and oxygen atoms in total. The van der Waals surface area contributed by atoms with Crippen LogP contribution in [0.1, 0.15) is 27.0 Å². The van der Waals surface area contributed by atoms with E-state index in [-0.39, 0.29) is 0 Å². The van der Waals surface area contributed by atoms with E-state index in [4.69, 9.17) is 5.73 Å². The fraction of sp³-hybridized carbons (Fsp3) is 0.136. The van der Waals surface area contributed by atoms with Crippen LogP contribution in [0.4, 0.5) is 0 Å². The summed E-state index contributed by atoms with van der Waals surface area (Å²) in [5.74, 6) is -0.408. The number of aromatic nitrogens is 1. The molecule has 1 aromatic heterocycles. The van der Waals surface area contributed by atoms with E-state index in [1.807, 2.05) is 18.2 Å². The third-order valence-electron chi connectivity index (χ3n) is 4.63. The van der Waals surface area contributed by atoms with E-state index >= 15 is 0 Å². The number of hydrogen-bond acceptors (Lipinski definition) is 1. The fourth-order valence-electron chi connectivity index (χ4n) is 3.53. The third kappa shape index (κ3) is 2.58. The lowest BCUT2D eigenvalue weighted by atomic mass is 10.1. The van der Waals surface area contributed by atoms with E-state index in [0.29, 0.717) is 5.56 Å². The molecule has 2 N–H and O–H groups in total. The summed E-state index contributed by atoms with van der Waals surface area (Å²) in [6.07, 6.45) is 0. The van der Waals surface area contributed by atoms with Crippen molar-refractivity contribution in [1.29, 1.82) is 0 Å². The van der Waals surface area contributed by atoms with Crippen LogP contribution in [-0.4, -0.2) is 10.5 Å². The number of hydrogen-bond donors (Lipinski definition) is 1. The van der Waals surface area contributed by atoms with E-state index in [0.717, 1.165) is 33.9 Å². The van der Waals surface area contributed by atoms with E-state index in [1.54, 1.807) is 6.07 Å². The van der Waals surface area contributed by atoms with Crippen LogP contribution in [0.5, 0.6) is 0 Å². The average Bonchev–Trinajstić information content (AvgIpc) is 2.88. The van der Waals surface area contributed by atoms with E-state index in [1.165, 1.54) is 11.1 Å². The second-order valence-corrected chi connectivity index (χ2v) is 6.58. The van der Waals surface area contributed by atoms with Gasteiger partial charge in [-0.1, -0.05) is 42.0 Å². The molecule has 0 aliphatic carbocycles. The lowest BCUT2D eigenvalue weighted by Crippen LogP contribution is -2.11. The number of carbonyl (C=O) groups is 1. The van der Waals surface area contributed by atoms with E-state index in [9.17, 15) is 4.79 Å². The van der Waals surface area contributed by atoms with Crippen LogP contribution in [0.2, 0.25) is 0 Å². The molecule has 0 unspecified atom stereocenters. The van der Waals surface area contributed by atoms with Crippen molar-refractivity contribution in [3.05, 3.63) is 82.9 Å². The summed E-state index contributed by atoms with van der Waals surface area (Å²) >= 11 is 0. The van der Waals surface area contributed by atoms with Gasteiger partial charge in [-0.3, -0.25) is 4.79 Å². The predicted octanol–water partition coefficient (Wildman–Crippen LogP) is 4.36. The quantitative estimate of drug-likeness (QED) is 0.597. The normalized spacial score (nSPS) is 11.3. The molecular weight excluding hydrogens is 308 g/mol. The molecule has 4 rings (SSSR count). The zero-order valence-corrected chi connectivity index (χ0v) is 14.3. The number of fused-ring (bicyclic) bond motifs is 3. The molecule has 123 valence electrons. The molecule has 0 fully saturated rings. The number of primary amides is 1. The topological polar surface area (TPSA) is 48.0 Å². The number of rotatable bonds is 3. The van der Waals surface area contributed by atoms with Gasteiger partial charge in [0.15, 0.2) is 0 Å². The summed E-state index contributed by atoms with van der Waals surface area (Å²) in [6.45, 7) is 4.89. The zero-order chi connectivity index (χ0) is 17.6. The van der Waals surface area contributed by atoms with Crippen LogP contribution in [0.25, 0.3) is 21.8 Å². The highest BCUT2D eigenvalue weighted by Crippen LogP contribution is 2.32. The molecular formula is C22H19N2O. The molecule has 3 aromatic carbocycles. The van der Waals surface area contributed by atoms with E-state index in [2.05, 4.69) is 54.8 Å². The highest BCUT2D eigenvalue weighted by Gasteiger charge is 2.16. The molecule has 0 spiro atoms. The number of carbonyl (C=O) groups excluding carboxylic acids is 1. The lowest BCUT2D eigenvalue weighted by molar-refractivity contribution is 0.100. The lowest BCUT2D eigenvalue weighted by Gasteiger charge is -2.09. The standard InChI is InChI=1S/C22H19N2O/c1-14-5-3-6-16(11-14)13-24-19-8-4-7-18(22(23)25)21(19)17-10-9-15(2)12-20(17)24/h3-9,11-12H,13H2,1-2H3,(H2,23,25). The van der Waals surface area contributed by atoms with Crippen molar-refractivity contribution in [1.82, 2.24) is 4.57 Å². The zero-order valence-electron chi connectivity index (χ0n) is 14.3. The summed E-state index contributed by atoms with van der Waals surface area (Å²) in [7, 11) is 0. The first-order valence-corrected chi connectivity index (χ1v) is 8.33. The molecule has 0 aliphatic heterocycles. The number of nitrogens with two attached hydrogens (primary N) is 1. The van der Waals surface area contributed by atoms with Crippen LogP contribution in [0.3, 0.4) is 0 Å². The van der Waals surface area contributed by atoms with Crippen LogP contribution in [-0.2, 0) is 6.54 Å². The first-order chi connectivity index (χ1) is 12.0. The Labute approximate surface area is 146 Å². The first-order valence-electron chi connectivity index (χ1n) is 8.33. The first kappa shape index (κ1) is 15.5. The molecule has 0 bridgehead atoms. The van der Waals surface area contributed by atoms with Crippen LogP contribution >= 0.6 is 0 Å². The highest BCUT2D eigenvalue weighted by atomic mass is 16.1. The van der Waals surface area contributed by atoms with Gasteiger partial charge in [0.05, 0.1) is 11.0 Å². The smallest absolute Gasteiger partial charge is 0.249 e. The van der Waals surface area contributed by atoms with Crippen molar-refractivity contribution in [2.45, 2.75) is 20.4 Å². The Balaban J connectivity index is 2.06. The fourth-order valence-corrected chi connectivity index (χ4v) is 3.53. The van der Waals surface area contributed by atoms with E-state index < -0.39 is 5.91 Å². The highest BCUT2D eigenvalue weighted by molar-refractivity contribution is 6.17. The largest absolute Gasteiger partial charge is 0.366 e. The number of benzene rings is 3. The number of nitrogens with zero attached hydrogens (tertiary/aromatic N) is 1. The molecule has 0 saturated heterocycles. The van der Waals surface area contributed by atoms with Gasteiger partial charge in [0.25, 0.3) is 0 Å². The van der Waals surface area contributed by atoms with Crippen LogP contribution < -0.4 is 5.73 Å². The molecule has 0 aliphatic rings. The molecule has 0 atom stereocenters. The minimum atomic E-state index is -0.408. The Morgan fingerprint density at radius 1 is 1.04 bits per heavy atom. The van der Waals surface area contributed by atoms with Gasteiger partial charge in [0.1, 0.15) is 0 Å². The Bertz CT molecular complexity index is 1120. The van der Waals surface area contributed by atoms with Crippen molar-refractivity contribution in [2.75, 3.05) is 0 Å². The Morgan fingerprint density at radius 3 is 2.60 bits per heavy atom. The Kier molecular flexibility index (Phi) is 3.57. The maximum atomic E-state index is 11.9. The minimum absolute atomic E-state index is 0.408. The van der Waals surface area contributed by atoms with Crippen molar-refractivity contribution in [3.8, 4) is 0 Å². The van der Waals surface area contributed by atoms with Gasteiger partial charge in [0, 0.05) is 22.9 Å². The molecule has 0 saturated carbocycles. The number of amides is 1. The van der Waals surface area contributed by atoms with Gasteiger partial charge >= 0.3 is 0 Å². The van der Waals surface area contributed by atoms with Crippen molar-refractivity contribution >= 4 is 27.7 Å². The number of aryl methyl sites for hydroxylation is 2. The molecule has 1 amide bonds. The summed E-state index contributed by atoms with van der Waals surface area (Å²) in [6, 6.07) is 21.7. The molecule has 25 heavy (non-hydrogen) atoms. The SMILES string of the molecule is Cc1cccc(Cn2c3cc(C)c[c]c3c3c(C(N)=O)cccc32)c1. The van der Waals surface area contributed by atoms with Crippen molar-refractivity contribution in [3.63, 3.8) is 0 Å². The summed E-state index contributed by atoms with van der Waals surface area (Å²) in [5.41, 5.74) is 11.9. The summed E-state index contributed by atoms with van der Waals surface area (Å²) in [4.78, 5) is 11.9.